The van der Waals surface area contributed by atoms with Crippen molar-refractivity contribution in [3.05, 3.63) is 29.6 Å². The van der Waals surface area contributed by atoms with Gasteiger partial charge in [0, 0.05) is 45.6 Å². The highest BCUT2D eigenvalue weighted by Crippen LogP contribution is 2.05. The molecule has 0 bridgehead atoms. The lowest BCUT2D eigenvalue weighted by Crippen LogP contribution is -2.28. The van der Waals surface area contributed by atoms with Crippen LogP contribution >= 0.6 is 0 Å². The Morgan fingerprint density at radius 2 is 2.35 bits per heavy atom. The fraction of sp³-hybridized carbons (Fsp3) is 0.500. The van der Waals surface area contributed by atoms with Gasteiger partial charge in [0.25, 0.3) is 5.91 Å². The van der Waals surface area contributed by atoms with Crippen molar-refractivity contribution in [2.45, 2.75) is 13.0 Å². The average molecular weight is 237 g/mol. The summed E-state index contributed by atoms with van der Waals surface area (Å²) < 4.78 is 4.95. The smallest absolute Gasteiger partial charge is 0.253 e. The Balaban J connectivity index is 2.61. The van der Waals surface area contributed by atoms with Crippen molar-refractivity contribution in [3.8, 4) is 0 Å². The molecule has 1 aromatic rings. The third-order valence-corrected chi connectivity index (χ3v) is 2.46. The standard InChI is InChI=1S/C12H19N3O2/c1-15(6-3-7-17-2)12(16)10-4-5-14-11(8-10)9-13/h4-5,8H,3,6-7,9,13H2,1-2H3. The number of amides is 1. The summed E-state index contributed by atoms with van der Waals surface area (Å²) in [6, 6.07) is 3.43. The molecule has 0 aromatic carbocycles. The normalized spacial score (nSPS) is 10.3. The number of aromatic nitrogens is 1. The third-order valence-electron chi connectivity index (χ3n) is 2.46. The monoisotopic (exact) mass is 237 g/mol. The van der Waals surface area contributed by atoms with Crippen molar-refractivity contribution < 1.29 is 9.53 Å². The van der Waals surface area contributed by atoms with Crippen LogP contribution in [0.15, 0.2) is 18.3 Å². The summed E-state index contributed by atoms with van der Waals surface area (Å²) in [5.74, 6) is -0.0156. The second-order valence-electron chi connectivity index (χ2n) is 3.81. The maximum Gasteiger partial charge on any atom is 0.253 e. The van der Waals surface area contributed by atoms with Crippen LogP contribution in [0.4, 0.5) is 0 Å². The Hall–Kier alpha value is -1.46. The molecule has 0 spiro atoms. The van der Waals surface area contributed by atoms with Crippen molar-refractivity contribution in [2.24, 2.45) is 5.73 Å². The van der Waals surface area contributed by atoms with Crippen LogP contribution in [0, 0.1) is 0 Å². The number of ether oxygens (including phenoxy) is 1. The molecule has 0 aliphatic heterocycles. The van der Waals surface area contributed by atoms with Crippen LogP contribution in [0.25, 0.3) is 0 Å². The van der Waals surface area contributed by atoms with Gasteiger partial charge < -0.3 is 15.4 Å². The molecule has 2 N–H and O–H groups in total. The summed E-state index contributed by atoms with van der Waals surface area (Å²) >= 11 is 0. The first-order chi connectivity index (χ1) is 8.19. The minimum atomic E-state index is -0.0156. The SMILES string of the molecule is COCCCN(C)C(=O)c1ccnc(CN)c1. The predicted molar refractivity (Wildman–Crippen MR) is 65.6 cm³/mol. The minimum Gasteiger partial charge on any atom is -0.385 e. The van der Waals surface area contributed by atoms with Crippen molar-refractivity contribution in [2.75, 3.05) is 27.3 Å². The molecule has 0 fully saturated rings. The van der Waals surface area contributed by atoms with Gasteiger partial charge >= 0.3 is 0 Å². The fourth-order valence-electron chi connectivity index (χ4n) is 1.49. The van der Waals surface area contributed by atoms with Gasteiger partial charge in [0.2, 0.25) is 0 Å². The molecule has 17 heavy (non-hydrogen) atoms. The highest BCUT2D eigenvalue weighted by molar-refractivity contribution is 5.94. The topological polar surface area (TPSA) is 68.5 Å². The largest absolute Gasteiger partial charge is 0.385 e. The maximum absolute atomic E-state index is 12.0. The molecule has 1 rings (SSSR count). The van der Waals surface area contributed by atoms with Crippen molar-refractivity contribution in [3.63, 3.8) is 0 Å². The van der Waals surface area contributed by atoms with Crippen LogP contribution in [0.1, 0.15) is 22.5 Å². The quantitative estimate of drug-likeness (QED) is 0.738. The van der Waals surface area contributed by atoms with Crippen molar-refractivity contribution in [1.82, 2.24) is 9.88 Å². The summed E-state index contributed by atoms with van der Waals surface area (Å²) in [5, 5.41) is 0. The van der Waals surface area contributed by atoms with Crippen LogP contribution < -0.4 is 5.73 Å². The second kappa shape index (κ2) is 6.98. The Morgan fingerprint density at radius 1 is 1.59 bits per heavy atom. The zero-order chi connectivity index (χ0) is 12.7. The number of carbonyl (C=O) groups is 1. The summed E-state index contributed by atoms with van der Waals surface area (Å²) in [6.45, 7) is 1.67. The lowest BCUT2D eigenvalue weighted by Gasteiger charge is -2.17. The summed E-state index contributed by atoms with van der Waals surface area (Å²) in [5.41, 5.74) is 6.84. The lowest BCUT2D eigenvalue weighted by atomic mass is 10.2. The first-order valence-corrected chi connectivity index (χ1v) is 5.58. The van der Waals surface area contributed by atoms with E-state index in [-0.39, 0.29) is 5.91 Å². The first-order valence-electron chi connectivity index (χ1n) is 5.58. The van der Waals surface area contributed by atoms with E-state index in [1.54, 1.807) is 37.4 Å². The van der Waals surface area contributed by atoms with Gasteiger partial charge in [-0.3, -0.25) is 9.78 Å². The predicted octanol–water partition coefficient (Wildman–Crippen LogP) is 0.649. The zero-order valence-electron chi connectivity index (χ0n) is 10.3. The number of hydrogen-bond acceptors (Lipinski definition) is 4. The molecular weight excluding hydrogens is 218 g/mol. The number of nitrogens with zero attached hydrogens (tertiary/aromatic N) is 2. The second-order valence-corrected chi connectivity index (χ2v) is 3.81. The number of nitrogens with two attached hydrogens (primary N) is 1. The molecule has 1 aromatic heterocycles. The van der Waals surface area contributed by atoms with Gasteiger partial charge in [-0.1, -0.05) is 0 Å². The van der Waals surface area contributed by atoms with E-state index < -0.39 is 0 Å². The van der Waals surface area contributed by atoms with E-state index >= 15 is 0 Å². The molecule has 0 radical (unpaired) electrons. The number of hydrogen-bond donors (Lipinski definition) is 1. The van der Waals surface area contributed by atoms with E-state index in [9.17, 15) is 4.79 Å². The molecule has 0 unspecified atom stereocenters. The lowest BCUT2D eigenvalue weighted by molar-refractivity contribution is 0.0779. The molecule has 0 saturated heterocycles. The summed E-state index contributed by atoms with van der Waals surface area (Å²) in [7, 11) is 3.43. The van der Waals surface area contributed by atoms with E-state index in [2.05, 4.69) is 4.98 Å². The van der Waals surface area contributed by atoms with Gasteiger partial charge in [-0.15, -0.1) is 0 Å². The van der Waals surface area contributed by atoms with Gasteiger partial charge in [-0.25, -0.2) is 0 Å². The highest BCUT2D eigenvalue weighted by Gasteiger charge is 2.11. The average Bonchev–Trinajstić information content (AvgIpc) is 2.38. The van der Waals surface area contributed by atoms with Gasteiger partial charge in [0.15, 0.2) is 0 Å². The molecule has 0 saturated carbocycles. The van der Waals surface area contributed by atoms with Gasteiger partial charge in [-0.2, -0.15) is 0 Å². The van der Waals surface area contributed by atoms with E-state index in [4.69, 9.17) is 10.5 Å². The Kier molecular flexibility index (Phi) is 5.59. The van der Waals surface area contributed by atoms with Crippen LogP contribution in [-0.4, -0.2) is 43.1 Å². The number of pyridine rings is 1. The van der Waals surface area contributed by atoms with Gasteiger partial charge in [0.05, 0.1) is 5.69 Å². The van der Waals surface area contributed by atoms with Crippen LogP contribution in [0.5, 0.6) is 0 Å². The van der Waals surface area contributed by atoms with Gasteiger partial charge in [-0.05, 0) is 18.6 Å². The molecule has 0 atom stereocenters. The Labute approximate surface area is 102 Å². The zero-order valence-corrected chi connectivity index (χ0v) is 10.3. The van der Waals surface area contributed by atoms with Crippen molar-refractivity contribution in [1.29, 1.82) is 0 Å². The number of carbonyl (C=O) groups excluding carboxylic acids is 1. The van der Waals surface area contributed by atoms with Gasteiger partial charge in [0.1, 0.15) is 0 Å². The maximum atomic E-state index is 12.0. The highest BCUT2D eigenvalue weighted by atomic mass is 16.5. The first kappa shape index (κ1) is 13.6. The molecule has 5 heteroatoms. The van der Waals surface area contributed by atoms with E-state index in [0.717, 1.165) is 12.1 Å². The third kappa shape index (κ3) is 4.13. The molecule has 94 valence electrons. The van der Waals surface area contributed by atoms with Crippen LogP contribution in [-0.2, 0) is 11.3 Å². The Morgan fingerprint density at radius 3 is 3.00 bits per heavy atom. The molecule has 1 heterocycles. The van der Waals surface area contributed by atoms with Crippen molar-refractivity contribution >= 4 is 5.91 Å². The molecule has 5 nitrogen and oxygen atoms in total. The van der Waals surface area contributed by atoms with E-state index in [1.807, 2.05) is 0 Å². The Bertz CT molecular complexity index is 369. The molecule has 1 amide bonds. The number of methoxy groups -OCH3 is 1. The molecule has 0 aliphatic carbocycles. The van der Waals surface area contributed by atoms with Crippen LogP contribution in [0.2, 0.25) is 0 Å². The molecule has 0 aliphatic rings. The van der Waals surface area contributed by atoms with Crippen LogP contribution in [0.3, 0.4) is 0 Å². The summed E-state index contributed by atoms with van der Waals surface area (Å²) in [4.78, 5) is 17.8. The fourth-order valence-corrected chi connectivity index (χ4v) is 1.49. The van der Waals surface area contributed by atoms with E-state index in [1.165, 1.54) is 0 Å². The minimum absolute atomic E-state index is 0.0156. The van der Waals surface area contributed by atoms with E-state index in [0.29, 0.717) is 25.3 Å². The molecular formula is C12H19N3O2. The number of rotatable bonds is 6. The summed E-state index contributed by atoms with van der Waals surface area (Å²) in [6.07, 6.45) is 2.44.